The molecule has 0 heterocycles. The Balaban J connectivity index is 3.09. The molecule has 0 aliphatic rings. The van der Waals surface area contributed by atoms with Crippen molar-refractivity contribution >= 4 is 0 Å². The Bertz CT molecular complexity index is 76.1. The molecule has 1 nitrogen and oxygen atoms in total. The monoisotopic (exact) mass is 102 g/mol. The minimum Gasteiger partial charge on any atom is -0.392 e. The Morgan fingerprint density at radius 1 is 1.43 bits per heavy atom. The van der Waals surface area contributed by atoms with Gasteiger partial charge in [-0.1, -0.05) is 12.2 Å². The van der Waals surface area contributed by atoms with Crippen LogP contribution < -0.4 is 0 Å². The summed E-state index contributed by atoms with van der Waals surface area (Å²) in [6.45, 7) is -0.0374. The molecule has 0 fully saturated rings. The maximum atomic E-state index is 11.0. The number of allylic oxidation sites excluding steroid dienone is 2. The minimum absolute atomic E-state index is 0.0374. The van der Waals surface area contributed by atoms with Crippen LogP contribution in [-0.4, -0.2) is 11.7 Å². The molecule has 0 aromatic heterocycles. The van der Waals surface area contributed by atoms with E-state index in [1.165, 1.54) is 18.2 Å². The van der Waals surface area contributed by atoms with E-state index in [-0.39, 0.29) is 6.61 Å². The van der Waals surface area contributed by atoms with Crippen LogP contribution in [0.5, 0.6) is 0 Å². The second-order valence-electron chi connectivity index (χ2n) is 0.929. The van der Waals surface area contributed by atoms with E-state index in [0.717, 1.165) is 0 Å². The lowest BCUT2D eigenvalue weighted by molar-refractivity contribution is 0.343. The number of halogens is 1. The molecule has 0 aromatic rings. The van der Waals surface area contributed by atoms with Crippen molar-refractivity contribution in [2.75, 3.05) is 6.61 Å². The molecule has 0 aliphatic carbocycles. The van der Waals surface area contributed by atoms with Crippen molar-refractivity contribution in [1.29, 1.82) is 0 Å². The summed E-state index contributed by atoms with van der Waals surface area (Å²) in [5.41, 5.74) is 0. The van der Waals surface area contributed by atoms with Crippen molar-refractivity contribution in [2.24, 2.45) is 0 Å². The summed E-state index contributed by atoms with van der Waals surface area (Å²) < 4.78 is 11.0. The van der Waals surface area contributed by atoms with Crippen molar-refractivity contribution in [3.63, 3.8) is 0 Å². The van der Waals surface area contributed by atoms with Crippen LogP contribution in [0.2, 0.25) is 0 Å². The molecule has 0 radical (unpaired) electrons. The van der Waals surface area contributed by atoms with Crippen LogP contribution >= 0.6 is 0 Å². The van der Waals surface area contributed by atoms with E-state index in [1.54, 1.807) is 0 Å². The molecule has 0 bridgehead atoms. The van der Waals surface area contributed by atoms with Gasteiger partial charge >= 0.3 is 0 Å². The van der Waals surface area contributed by atoms with Crippen LogP contribution in [0.4, 0.5) is 4.39 Å². The summed E-state index contributed by atoms with van der Waals surface area (Å²) in [5.74, 6) is 0. The third-order valence-corrected chi connectivity index (χ3v) is 0.425. The molecule has 0 atom stereocenters. The SMILES string of the molecule is OC/C=C\C=C\F. The molecule has 0 amide bonds. The Labute approximate surface area is 41.8 Å². The zero-order valence-electron chi connectivity index (χ0n) is 3.84. The molecule has 0 spiro atoms. The van der Waals surface area contributed by atoms with Gasteiger partial charge in [-0.2, -0.15) is 0 Å². The second-order valence-corrected chi connectivity index (χ2v) is 0.929. The van der Waals surface area contributed by atoms with Crippen LogP contribution in [0.3, 0.4) is 0 Å². The Morgan fingerprint density at radius 3 is 2.57 bits per heavy atom. The topological polar surface area (TPSA) is 20.2 Å². The van der Waals surface area contributed by atoms with Gasteiger partial charge in [-0.3, -0.25) is 0 Å². The van der Waals surface area contributed by atoms with Gasteiger partial charge in [0.25, 0.3) is 0 Å². The van der Waals surface area contributed by atoms with E-state index < -0.39 is 0 Å². The van der Waals surface area contributed by atoms with Gasteiger partial charge in [0.2, 0.25) is 0 Å². The van der Waals surface area contributed by atoms with Gasteiger partial charge < -0.3 is 5.11 Å². The lowest BCUT2D eigenvalue weighted by atomic mass is 10.5. The average Bonchev–Trinajstić information content (AvgIpc) is 1.69. The van der Waals surface area contributed by atoms with E-state index in [1.807, 2.05) is 0 Å². The van der Waals surface area contributed by atoms with Gasteiger partial charge in [-0.15, -0.1) is 0 Å². The highest BCUT2D eigenvalue weighted by Gasteiger charge is 1.59. The molecule has 0 rings (SSSR count). The number of hydrogen-bond donors (Lipinski definition) is 1. The molecule has 0 saturated heterocycles. The Hall–Kier alpha value is -0.630. The fourth-order valence-electron chi connectivity index (χ4n) is 0.181. The maximum absolute atomic E-state index is 11.0. The number of hydrogen-bond acceptors (Lipinski definition) is 1. The molecular weight excluding hydrogens is 95.1 g/mol. The predicted molar refractivity (Wildman–Crippen MR) is 26.5 cm³/mol. The maximum Gasteiger partial charge on any atom is 0.0866 e. The molecule has 0 aliphatic heterocycles. The number of aliphatic hydroxyl groups excluding tert-OH is 1. The van der Waals surface area contributed by atoms with E-state index in [4.69, 9.17) is 5.11 Å². The van der Waals surface area contributed by atoms with Gasteiger partial charge in [0, 0.05) is 0 Å². The molecule has 7 heavy (non-hydrogen) atoms. The molecule has 0 unspecified atom stereocenters. The molecule has 40 valence electrons. The van der Waals surface area contributed by atoms with Gasteiger partial charge in [-0.25, -0.2) is 4.39 Å². The zero-order valence-corrected chi connectivity index (χ0v) is 3.84. The van der Waals surface area contributed by atoms with Gasteiger partial charge in [0.15, 0.2) is 0 Å². The van der Waals surface area contributed by atoms with Crippen LogP contribution in [0.15, 0.2) is 24.6 Å². The number of aliphatic hydroxyl groups is 1. The first kappa shape index (κ1) is 6.37. The van der Waals surface area contributed by atoms with Crippen molar-refractivity contribution in [3.8, 4) is 0 Å². The van der Waals surface area contributed by atoms with Crippen molar-refractivity contribution in [2.45, 2.75) is 0 Å². The molecule has 0 aromatic carbocycles. The largest absolute Gasteiger partial charge is 0.392 e. The predicted octanol–water partition coefficient (Wildman–Crippen LogP) is 1.02. The quantitative estimate of drug-likeness (QED) is 0.516. The standard InChI is InChI=1S/C5H7FO/c6-4-2-1-3-5-7/h1-4,7H,5H2/b3-1-,4-2+. The molecule has 1 N–H and O–H groups in total. The first-order valence-corrected chi connectivity index (χ1v) is 1.94. The third-order valence-electron chi connectivity index (χ3n) is 0.425. The first-order valence-electron chi connectivity index (χ1n) is 1.94. The van der Waals surface area contributed by atoms with Crippen LogP contribution in [-0.2, 0) is 0 Å². The van der Waals surface area contributed by atoms with Gasteiger partial charge in [0.1, 0.15) is 0 Å². The summed E-state index contributed by atoms with van der Waals surface area (Å²) in [6.07, 6.45) is 4.48. The fraction of sp³-hybridized carbons (Fsp3) is 0.200. The first-order chi connectivity index (χ1) is 3.41. The lowest BCUT2D eigenvalue weighted by Gasteiger charge is -1.69. The third kappa shape index (κ3) is 5.37. The van der Waals surface area contributed by atoms with Gasteiger partial charge in [0.05, 0.1) is 12.9 Å². The minimum atomic E-state index is -0.0374. The summed E-state index contributed by atoms with van der Waals surface area (Å²) in [5, 5.41) is 8.05. The van der Waals surface area contributed by atoms with Crippen molar-refractivity contribution < 1.29 is 9.50 Å². The summed E-state index contributed by atoms with van der Waals surface area (Å²) in [4.78, 5) is 0. The lowest BCUT2D eigenvalue weighted by Crippen LogP contribution is -1.66. The van der Waals surface area contributed by atoms with E-state index in [0.29, 0.717) is 6.33 Å². The van der Waals surface area contributed by atoms with Crippen molar-refractivity contribution in [1.82, 2.24) is 0 Å². The molecule has 2 heteroatoms. The average molecular weight is 102 g/mol. The number of rotatable bonds is 2. The summed E-state index contributed by atoms with van der Waals surface area (Å²) >= 11 is 0. The van der Waals surface area contributed by atoms with E-state index in [9.17, 15) is 4.39 Å². The highest BCUT2D eigenvalue weighted by Crippen LogP contribution is 1.74. The van der Waals surface area contributed by atoms with Gasteiger partial charge in [-0.05, 0) is 6.08 Å². The van der Waals surface area contributed by atoms with Crippen LogP contribution in [0, 0.1) is 0 Å². The zero-order chi connectivity index (χ0) is 5.54. The highest BCUT2D eigenvalue weighted by molar-refractivity contribution is 4.98. The Morgan fingerprint density at radius 2 is 2.14 bits per heavy atom. The van der Waals surface area contributed by atoms with E-state index >= 15 is 0 Å². The molecular formula is C5H7FO. The van der Waals surface area contributed by atoms with Crippen molar-refractivity contribution in [3.05, 3.63) is 24.6 Å². The smallest absolute Gasteiger partial charge is 0.0866 e. The highest BCUT2D eigenvalue weighted by atomic mass is 19.1. The normalized spacial score (nSPS) is 11.7. The van der Waals surface area contributed by atoms with Crippen LogP contribution in [0.25, 0.3) is 0 Å². The summed E-state index contributed by atoms with van der Waals surface area (Å²) in [7, 11) is 0. The molecule has 0 saturated carbocycles. The van der Waals surface area contributed by atoms with E-state index in [2.05, 4.69) is 0 Å². The fourth-order valence-corrected chi connectivity index (χ4v) is 0.181. The Kier molecular flexibility index (Phi) is 4.89. The summed E-state index contributed by atoms with van der Waals surface area (Å²) in [6, 6.07) is 0. The second kappa shape index (κ2) is 5.37. The van der Waals surface area contributed by atoms with Crippen LogP contribution in [0.1, 0.15) is 0 Å².